The van der Waals surface area contributed by atoms with Crippen LogP contribution < -0.4 is 15.8 Å². The van der Waals surface area contributed by atoms with Gasteiger partial charge in [-0.2, -0.15) is 0 Å². The highest BCUT2D eigenvalue weighted by Crippen LogP contribution is 2.15. The zero-order valence-electron chi connectivity index (χ0n) is 15.3. The SMILES string of the molecule is CN(C)c1cccc(CNC(=O)CCn2cnc3ccc(Br)cc3c2=O)c1. The Morgan fingerprint density at radius 1 is 1.22 bits per heavy atom. The van der Waals surface area contributed by atoms with E-state index in [1.54, 1.807) is 12.1 Å². The first-order valence-electron chi connectivity index (χ1n) is 8.62. The number of hydrogen-bond acceptors (Lipinski definition) is 4. The molecule has 3 aromatic rings. The topological polar surface area (TPSA) is 67.2 Å². The fourth-order valence-corrected chi connectivity index (χ4v) is 3.11. The van der Waals surface area contributed by atoms with E-state index in [0.717, 1.165) is 15.7 Å². The maximum absolute atomic E-state index is 12.5. The summed E-state index contributed by atoms with van der Waals surface area (Å²) < 4.78 is 2.30. The van der Waals surface area contributed by atoms with Crippen LogP contribution in [-0.4, -0.2) is 29.6 Å². The molecule has 2 aromatic carbocycles. The fourth-order valence-electron chi connectivity index (χ4n) is 2.75. The van der Waals surface area contributed by atoms with Crippen molar-refractivity contribution in [3.63, 3.8) is 0 Å². The Hall–Kier alpha value is -2.67. The van der Waals surface area contributed by atoms with Crippen LogP contribution in [0.4, 0.5) is 5.69 Å². The van der Waals surface area contributed by atoms with Gasteiger partial charge in [0.15, 0.2) is 0 Å². The molecule has 0 bridgehead atoms. The highest BCUT2D eigenvalue weighted by molar-refractivity contribution is 9.10. The number of amides is 1. The smallest absolute Gasteiger partial charge is 0.261 e. The van der Waals surface area contributed by atoms with Crippen molar-refractivity contribution in [2.45, 2.75) is 19.5 Å². The van der Waals surface area contributed by atoms with Gasteiger partial charge < -0.3 is 10.2 Å². The Morgan fingerprint density at radius 2 is 2.04 bits per heavy atom. The van der Waals surface area contributed by atoms with Crippen molar-refractivity contribution in [2.24, 2.45) is 0 Å². The van der Waals surface area contributed by atoms with Gasteiger partial charge in [0.05, 0.1) is 17.2 Å². The summed E-state index contributed by atoms with van der Waals surface area (Å²) in [6.45, 7) is 0.746. The monoisotopic (exact) mass is 428 g/mol. The predicted octanol–water partition coefficient (Wildman–Crippen LogP) is 2.93. The number of rotatable bonds is 6. The van der Waals surface area contributed by atoms with Gasteiger partial charge in [-0.1, -0.05) is 28.1 Å². The fraction of sp³-hybridized carbons (Fsp3) is 0.250. The molecule has 1 aromatic heterocycles. The van der Waals surface area contributed by atoms with Crippen molar-refractivity contribution in [3.8, 4) is 0 Å². The third-order valence-electron chi connectivity index (χ3n) is 4.28. The van der Waals surface area contributed by atoms with Crippen LogP contribution >= 0.6 is 15.9 Å². The summed E-state index contributed by atoms with van der Waals surface area (Å²) in [4.78, 5) is 31.0. The summed E-state index contributed by atoms with van der Waals surface area (Å²) in [6.07, 6.45) is 1.71. The second kappa shape index (κ2) is 8.35. The lowest BCUT2D eigenvalue weighted by atomic mass is 10.2. The van der Waals surface area contributed by atoms with Crippen molar-refractivity contribution in [1.29, 1.82) is 0 Å². The third-order valence-corrected chi connectivity index (χ3v) is 4.78. The summed E-state index contributed by atoms with van der Waals surface area (Å²) >= 11 is 3.37. The molecule has 1 amide bonds. The van der Waals surface area contributed by atoms with E-state index in [2.05, 4.69) is 26.2 Å². The Kier molecular flexibility index (Phi) is 5.91. The molecule has 7 heteroatoms. The normalized spacial score (nSPS) is 10.8. The Bertz CT molecular complexity index is 1030. The number of nitrogens with one attached hydrogen (secondary N) is 1. The molecule has 0 radical (unpaired) electrons. The lowest BCUT2D eigenvalue weighted by molar-refractivity contribution is -0.121. The summed E-state index contributed by atoms with van der Waals surface area (Å²) in [5, 5.41) is 3.44. The standard InChI is InChI=1S/C20H21BrN4O2/c1-24(2)16-5-3-4-14(10-16)12-22-19(26)8-9-25-13-23-18-7-6-15(21)11-17(18)20(25)27/h3-7,10-11,13H,8-9,12H2,1-2H3,(H,22,26). The molecule has 0 unspecified atom stereocenters. The van der Waals surface area contributed by atoms with Crippen molar-refractivity contribution < 1.29 is 4.79 Å². The molecule has 0 atom stereocenters. The molecule has 0 saturated carbocycles. The second-order valence-electron chi connectivity index (χ2n) is 6.50. The summed E-state index contributed by atoms with van der Waals surface area (Å²) in [5.74, 6) is -0.105. The first kappa shape index (κ1) is 19.1. The Morgan fingerprint density at radius 3 is 2.81 bits per heavy atom. The molecule has 3 rings (SSSR count). The average Bonchev–Trinajstić information content (AvgIpc) is 2.66. The van der Waals surface area contributed by atoms with E-state index in [0.29, 0.717) is 17.4 Å². The quantitative estimate of drug-likeness (QED) is 0.655. The van der Waals surface area contributed by atoms with E-state index in [9.17, 15) is 9.59 Å². The van der Waals surface area contributed by atoms with Gasteiger partial charge in [0, 0.05) is 43.8 Å². The van der Waals surface area contributed by atoms with Gasteiger partial charge in [-0.25, -0.2) is 4.98 Å². The van der Waals surface area contributed by atoms with Crippen LogP contribution in [0.15, 0.2) is 58.1 Å². The Balaban J connectivity index is 1.61. The van der Waals surface area contributed by atoms with Crippen LogP contribution in [0.3, 0.4) is 0 Å². The van der Waals surface area contributed by atoms with Crippen LogP contribution in [-0.2, 0) is 17.9 Å². The van der Waals surface area contributed by atoms with Gasteiger partial charge in [0.2, 0.25) is 5.91 Å². The number of halogens is 1. The summed E-state index contributed by atoms with van der Waals surface area (Å²) in [7, 11) is 3.96. The lowest BCUT2D eigenvalue weighted by Gasteiger charge is -2.14. The van der Waals surface area contributed by atoms with Crippen molar-refractivity contribution >= 4 is 38.4 Å². The van der Waals surface area contributed by atoms with Crippen molar-refractivity contribution in [1.82, 2.24) is 14.9 Å². The number of hydrogen-bond donors (Lipinski definition) is 1. The minimum absolute atomic E-state index is 0.105. The van der Waals surface area contributed by atoms with Crippen molar-refractivity contribution in [2.75, 3.05) is 19.0 Å². The molecular formula is C20H21BrN4O2. The number of carbonyl (C=O) groups is 1. The van der Waals surface area contributed by atoms with Crippen molar-refractivity contribution in [3.05, 3.63) is 69.2 Å². The maximum Gasteiger partial charge on any atom is 0.261 e. The number of nitrogens with zero attached hydrogens (tertiary/aromatic N) is 3. The van der Waals surface area contributed by atoms with Gasteiger partial charge in [0.1, 0.15) is 0 Å². The van der Waals surface area contributed by atoms with E-state index >= 15 is 0 Å². The first-order chi connectivity index (χ1) is 12.9. The van der Waals surface area contributed by atoms with E-state index in [4.69, 9.17) is 0 Å². The highest BCUT2D eigenvalue weighted by Gasteiger charge is 2.07. The Labute approximate surface area is 166 Å². The van der Waals surface area contributed by atoms with Crippen LogP contribution in [0, 0.1) is 0 Å². The van der Waals surface area contributed by atoms with Gasteiger partial charge in [-0.15, -0.1) is 0 Å². The molecular weight excluding hydrogens is 408 g/mol. The van der Waals surface area contributed by atoms with Gasteiger partial charge in [0.25, 0.3) is 5.56 Å². The molecule has 0 fully saturated rings. The minimum Gasteiger partial charge on any atom is -0.378 e. The van der Waals surface area contributed by atoms with E-state index in [-0.39, 0.29) is 24.4 Å². The summed E-state index contributed by atoms with van der Waals surface area (Å²) in [6, 6.07) is 13.4. The molecule has 0 aliphatic heterocycles. The molecule has 140 valence electrons. The van der Waals surface area contributed by atoms with E-state index < -0.39 is 0 Å². The van der Waals surface area contributed by atoms with Crippen LogP contribution in [0.1, 0.15) is 12.0 Å². The molecule has 0 saturated heterocycles. The molecule has 1 heterocycles. The van der Waals surface area contributed by atoms with Crippen LogP contribution in [0.25, 0.3) is 10.9 Å². The first-order valence-corrected chi connectivity index (χ1v) is 9.41. The molecule has 0 aliphatic carbocycles. The summed E-state index contributed by atoms with van der Waals surface area (Å²) in [5.41, 5.74) is 2.61. The van der Waals surface area contributed by atoms with Crippen LogP contribution in [0.5, 0.6) is 0 Å². The number of benzene rings is 2. The molecule has 1 N–H and O–H groups in total. The number of carbonyl (C=O) groups excluding carboxylic acids is 1. The van der Waals surface area contributed by atoms with Gasteiger partial charge >= 0.3 is 0 Å². The number of aryl methyl sites for hydroxylation is 1. The highest BCUT2D eigenvalue weighted by atomic mass is 79.9. The van der Waals surface area contributed by atoms with E-state index in [1.807, 2.05) is 49.3 Å². The zero-order valence-corrected chi connectivity index (χ0v) is 16.9. The van der Waals surface area contributed by atoms with Gasteiger partial charge in [-0.3, -0.25) is 14.2 Å². The molecule has 6 nitrogen and oxygen atoms in total. The largest absolute Gasteiger partial charge is 0.378 e. The zero-order chi connectivity index (χ0) is 19.4. The molecule has 27 heavy (non-hydrogen) atoms. The molecule has 0 spiro atoms. The van der Waals surface area contributed by atoms with Gasteiger partial charge in [-0.05, 0) is 35.9 Å². The average molecular weight is 429 g/mol. The number of aromatic nitrogens is 2. The maximum atomic E-state index is 12.5. The van der Waals surface area contributed by atoms with Crippen LogP contribution in [0.2, 0.25) is 0 Å². The minimum atomic E-state index is -0.146. The van der Waals surface area contributed by atoms with E-state index in [1.165, 1.54) is 10.9 Å². The number of anilines is 1. The lowest BCUT2D eigenvalue weighted by Crippen LogP contribution is -2.27. The number of fused-ring (bicyclic) bond motifs is 1. The molecule has 0 aliphatic rings. The second-order valence-corrected chi connectivity index (χ2v) is 7.41. The predicted molar refractivity (Wildman–Crippen MR) is 111 cm³/mol. The third kappa shape index (κ3) is 4.74.